The van der Waals surface area contributed by atoms with E-state index >= 15 is 0 Å². The Morgan fingerprint density at radius 3 is 2.52 bits per heavy atom. The van der Waals surface area contributed by atoms with Crippen molar-refractivity contribution in [3.63, 3.8) is 0 Å². The molecule has 0 bridgehead atoms. The van der Waals surface area contributed by atoms with Gasteiger partial charge in [0.2, 0.25) is 0 Å². The Hall–Kier alpha value is -2.35. The number of aromatic nitrogens is 4. The quantitative estimate of drug-likeness (QED) is 0.496. The van der Waals surface area contributed by atoms with Gasteiger partial charge in [-0.05, 0) is 44.0 Å². The predicted molar refractivity (Wildman–Crippen MR) is 91.1 cm³/mol. The van der Waals surface area contributed by atoms with Gasteiger partial charge in [0, 0.05) is 11.8 Å². The topological polar surface area (TPSA) is 43.6 Å². The number of rotatable bonds is 1. The number of pyridine rings is 2. The molecule has 114 valence electrons. The molecule has 3 rings (SSSR count). The van der Waals surface area contributed by atoms with E-state index in [1.165, 1.54) is 0 Å². The fraction of sp³-hybridized carbons (Fsp3) is 0.118. The first-order valence-electron chi connectivity index (χ1n) is 6.86. The molecule has 0 radical (unpaired) electrons. The number of aryl methyl sites for hydroxylation is 1. The predicted octanol–water partition coefficient (Wildman–Crippen LogP) is 3.99. The Labute approximate surface area is 144 Å². The monoisotopic (exact) mass is 342 g/mol. The van der Waals surface area contributed by atoms with E-state index in [4.69, 9.17) is 23.2 Å². The summed E-state index contributed by atoms with van der Waals surface area (Å²) in [7, 11) is 0. The molecular formula is C17H12Cl2N4. The van der Waals surface area contributed by atoms with Crippen molar-refractivity contribution in [1.82, 2.24) is 19.5 Å². The zero-order valence-electron chi connectivity index (χ0n) is 12.5. The average molecular weight is 343 g/mol. The highest BCUT2D eigenvalue weighted by Crippen LogP contribution is 2.18. The van der Waals surface area contributed by atoms with E-state index in [2.05, 4.69) is 26.8 Å². The van der Waals surface area contributed by atoms with Crippen molar-refractivity contribution >= 4 is 23.2 Å². The second-order valence-corrected chi connectivity index (χ2v) is 5.66. The summed E-state index contributed by atoms with van der Waals surface area (Å²) in [6.45, 7) is 3.90. The Balaban J connectivity index is 2.00. The van der Waals surface area contributed by atoms with E-state index in [1.54, 1.807) is 30.6 Å². The second kappa shape index (κ2) is 6.41. The summed E-state index contributed by atoms with van der Waals surface area (Å²) < 4.78 is 1.99. The van der Waals surface area contributed by atoms with Gasteiger partial charge >= 0.3 is 0 Å². The SMILES string of the molecule is Cc1nc(C#Cc2ccnc(Cl)c2)c(C)n1-c1ccc(Cl)nc1. The van der Waals surface area contributed by atoms with Crippen molar-refractivity contribution in [3.05, 3.63) is 69.7 Å². The zero-order chi connectivity index (χ0) is 16.4. The average Bonchev–Trinajstić information content (AvgIpc) is 2.81. The van der Waals surface area contributed by atoms with Crippen LogP contribution in [0.5, 0.6) is 0 Å². The van der Waals surface area contributed by atoms with Crippen molar-refractivity contribution in [2.45, 2.75) is 13.8 Å². The van der Waals surface area contributed by atoms with Crippen LogP contribution in [0.4, 0.5) is 0 Å². The zero-order valence-corrected chi connectivity index (χ0v) is 14.0. The van der Waals surface area contributed by atoms with E-state index in [-0.39, 0.29) is 0 Å². The van der Waals surface area contributed by atoms with Gasteiger partial charge in [0.15, 0.2) is 0 Å². The molecule has 0 saturated heterocycles. The van der Waals surface area contributed by atoms with Crippen molar-refractivity contribution in [2.75, 3.05) is 0 Å². The number of hydrogen-bond donors (Lipinski definition) is 0. The Bertz CT molecular complexity index is 918. The van der Waals surface area contributed by atoms with Crippen LogP contribution in [0.2, 0.25) is 10.3 Å². The Morgan fingerprint density at radius 2 is 1.83 bits per heavy atom. The van der Waals surface area contributed by atoms with E-state index in [0.29, 0.717) is 16.0 Å². The van der Waals surface area contributed by atoms with Crippen molar-refractivity contribution in [1.29, 1.82) is 0 Å². The maximum Gasteiger partial charge on any atom is 0.135 e. The third-order valence-electron chi connectivity index (χ3n) is 3.30. The number of imidazole rings is 1. The normalized spacial score (nSPS) is 10.3. The highest BCUT2D eigenvalue weighted by Gasteiger charge is 2.11. The first kappa shape index (κ1) is 15.5. The standard InChI is InChI=1S/C17H12Cl2N4/c1-11-15(5-3-13-7-8-20-17(19)9-13)22-12(2)23(11)14-4-6-16(18)21-10-14/h4,6-10H,1-2H3. The van der Waals surface area contributed by atoms with Crippen LogP contribution < -0.4 is 0 Å². The fourth-order valence-electron chi connectivity index (χ4n) is 2.25. The maximum atomic E-state index is 5.86. The lowest BCUT2D eigenvalue weighted by molar-refractivity contribution is 0.932. The molecule has 3 aromatic rings. The summed E-state index contributed by atoms with van der Waals surface area (Å²) in [5, 5.41) is 0.876. The van der Waals surface area contributed by atoms with Gasteiger partial charge in [-0.25, -0.2) is 15.0 Å². The minimum Gasteiger partial charge on any atom is -0.298 e. The third kappa shape index (κ3) is 3.37. The molecule has 6 heteroatoms. The minimum atomic E-state index is 0.419. The molecule has 0 N–H and O–H groups in total. The Morgan fingerprint density at radius 1 is 1.00 bits per heavy atom. The summed E-state index contributed by atoms with van der Waals surface area (Å²) in [4.78, 5) is 12.6. The van der Waals surface area contributed by atoms with Crippen LogP contribution in [-0.2, 0) is 0 Å². The van der Waals surface area contributed by atoms with Gasteiger partial charge in [0.25, 0.3) is 0 Å². The van der Waals surface area contributed by atoms with E-state index in [0.717, 1.165) is 22.8 Å². The lowest BCUT2D eigenvalue weighted by Crippen LogP contribution is -1.99. The summed E-state index contributed by atoms with van der Waals surface area (Å²) in [6, 6.07) is 7.18. The van der Waals surface area contributed by atoms with Crippen LogP contribution >= 0.6 is 23.2 Å². The number of halogens is 2. The van der Waals surface area contributed by atoms with Crippen LogP contribution in [-0.4, -0.2) is 19.5 Å². The smallest absolute Gasteiger partial charge is 0.135 e. The molecule has 0 aromatic carbocycles. The molecule has 0 aliphatic carbocycles. The minimum absolute atomic E-state index is 0.419. The first-order chi connectivity index (χ1) is 11.0. The van der Waals surface area contributed by atoms with Crippen LogP contribution in [0.15, 0.2) is 36.7 Å². The van der Waals surface area contributed by atoms with Gasteiger partial charge in [0.05, 0.1) is 17.6 Å². The number of hydrogen-bond acceptors (Lipinski definition) is 3. The molecule has 0 saturated carbocycles. The summed E-state index contributed by atoms with van der Waals surface area (Å²) in [6.07, 6.45) is 3.34. The molecule has 3 heterocycles. The summed E-state index contributed by atoms with van der Waals surface area (Å²) in [5.74, 6) is 6.98. The molecule has 0 amide bonds. The molecule has 23 heavy (non-hydrogen) atoms. The van der Waals surface area contributed by atoms with E-state index in [9.17, 15) is 0 Å². The fourth-order valence-corrected chi connectivity index (χ4v) is 2.54. The summed E-state index contributed by atoms with van der Waals surface area (Å²) >= 11 is 11.7. The molecule has 4 nitrogen and oxygen atoms in total. The third-order valence-corrected chi connectivity index (χ3v) is 3.73. The molecule has 0 aliphatic heterocycles. The molecular weight excluding hydrogens is 331 g/mol. The lowest BCUT2D eigenvalue weighted by Gasteiger charge is -2.06. The van der Waals surface area contributed by atoms with Crippen LogP contribution in [0.1, 0.15) is 22.8 Å². The second-order valence-electron chi connectivity index (χ2n) is 4.88. The highest BCUT2D eigenvalue weighted by molar-refractivity contribution is 6.29. The molecule has 0 unspecified atom stereocenters. The van der Waals surface area contributed by atoms with Gasteiger partial charge in [-0.15, -0.1) is 0 Å². The van der Waals surface area contributed by atoms with E-state index < -0.39 is 0 Å². The van der Waals surface area contributed by atoms with Crippen LogP contribution in [0.3, 0.4) is 0 Å². The molecule has 0 fully saturated rings. The van der Waals surface area contributed by atoms with Gasteiger partial charge < -0.3 is 0 Å². The summed E-state index contributed by atoms with van der Waals surface area (Å²) in [5.41, 5.74) is 3.35. The van der Waals surface area contributed by atoms with Crippen LogP contribution in [0, 0.1) is 25.7 Å². The van der Waals surface area contributed by atoms with E-state index in [1.807, 2.05) is 24.5 Å². The van der Waals surface area contributed by atoms with Crippen molar-refractivity contribution in [2.24, 2.45) is 0 Å². The van der Waals surface area contributed by atoms with Gasteiger partial charge in [-0.2, -0.15) is 0 Å². The Kier molecular flexibility index (Phi) is 4.33. The number of nitrogens with zero attached hydrogens (tertiary/aromatic N) is 4. The first-order valence-corrected chi connectivity index (χ1v) is 7.61. The van der Waals surface area contributed by atoms with Crippen molar-refractivity contribution < 1.29 is 0 Å². The molecule has 3 aromatic heterocycles. The van der Waals surface area contributed by atoms with Gasteiger partial charge in [0.1, 0.15) is 21.8 Å². The van der Waals surface area contributed by atoms with Gasteiger partial charge in [-0.3, -0.25) is 4.57 Å². The molecule has 0 spiro atoms. The van der Waals surface area contributed by atoms with Crippen molar-refractivity contribution in [3.8, 4) is 17.5 Å². The lowest BCUT2D eigenvalue weighted by atomic mass is 10.2. The molecule has 0 atom stereocenters. The largest absolute Gasteiger partial charge is 0.298 e. The van der Waals surface area contributed by atoms with Gasteiger partial charge in [-0.1, -0.05) is 29.1 Å². The van der Waals surface area contributed by atoms with Crippen LogP contribution in [0.25, 0.3) is 5.69 Å². The highest BCUT2D eigenvalue weighted by atomic mass is 35.5. The molecule has 0 aliphatic rings. The maximum absolute atomic E-state index is 5.86.